The van der Waals surface area contributed by atoms with Crippen molar-refractivity contribution in [3.05, 3.63) is 24.7 Å². The Balaban J connectivity index is 1.23. The SMILES string of the molecule is COCC12CCC(C)(O)CC1CCC1C3CCC(C(=O)Cn4cc5ccncc5n4)C3(C)CCC12. The van der Waals surface area contributed by atoms with Gasteiger partial charge in [-0.25, -0.2) is 0 Å². The lowest BCUT2D eigenvalue weighted by atomic mass is 9.43. The second kappa shape index (κ2) is 8.37. The number of pyridine rings is 1. The van der Waals surface area contributed by atoms with Gasteiger partial charge in [0.15, 0.2) is 5.78 Å². The highest BCUT2D eigenvalue weighted by molar-refractivity contribution is 5.83. The normalized spacial score (nSPS) is 42.9. The van der Waals surface area contributed by atoms with Crippen LogP contribution in [0.1, 0.15) is 71.6 Å². The van der Waals surface area contributed by atoms with Crippen molar-refractivity contribution in [1.82, 2.24) is 14.8 Å². The van der Waals surface area contributed by atoms with Crippen LogP contribution in [0.3, 0.4) is 0 Å². The van der Waals surface area contributed by atoms with E-state index in [-0.39, 0.29) is 16.7 Å². The van der Waals surface area contributed by atoms with Gasteiger partial charge in [0.05, 0.1) is 24.9 Å². The molecule has 4 aliphatic carbocycles. The highest BCUT2D eigenvalue weighted by Crippen LogP contribution is 2.68. The molecule has 0 bridgehead atoms. The molecule has 0 amide bonds. The van der Waals surface area contributed by atoms with Gasteiger partial charge < -0.3 is 9.84 Å². The minimum Gasteiger partial charge on any atom is -0.390 e. The smallest absolute Gasteiger partial charge is 0.157 e. The Morgan fingerprint density at radius 3 is 2.80 bits per heavy atom. The zero-order chi connectivity index (χ0) is 24.4. The molecule has 2 aromatic heterocycles. The molecule has 0 radical (unpaired) electrons. The third kappa shape index (κ3) is 3.69. The molecule has 0 aromatic carbocycles. The molecule has 4 fully saturated rings. The first-order chi connectivity index (χ1) is 16.8. The van der Waals surface area contributed by atoms with E-state index in [0.29, 0.717) is 36.0 Å². The molecular weight excluding hydrogens is 438 g/mol. The molecule has 0 aliphatic heterocycles. The fourth-order valence-corrected chi connectivity index (χ4v) is 9.58. The van der Waals surface area contributed by atoms with Crippen LogP contribution >= 0.6 is 0 Å². The number of nitrogens with zero attached hydrogens (tertiary/aromatic N) is 3. The molecule has 6 heteroatoms. The second-order valence-electron chi connectivity index (χ2n) is 12.9. The summed E-state index contributed by atoms with van der Waals surface area (Å²) in [7, 11) is 1.86. The summed E-state index contributed by atoms with van der Waals surface area (Å²) in [5.74, 6) is 2.99. The number of ether oxygens (including phenoxy) is 1. The van der Waals surface area contributed by atoms with Gasteiger partial charge in [0.2, 0.25) is 0 Å². The first-order valence-corrected chi connectivity index (χ1v) is 13.8. The quantitative estimate of drug-likeness (QED) is 0.650. The third-order valence-corrected chi connectivity index (χ3v) is 11.1. The van der Waals surface area contributed by atoms with Gasteiger partial charge in [-0.3, -0.25) is 14.5 Å². The standard InChI is InChI=1S/C29H41N3O3/c1-27(34)11-12-29(18-35-3)20(14-27)4-5-21-22-6-7-24(28(22,2)10-8-23(21)29)26(33)17-32-16-19-9-13-30-15-25(19)31-32/h9,13,15-16,20-24,34H,4-8,10-12,14,17-18H2,1-3H3. The lowest BCUT2D eigenvalue weighted by Crippen LogP contribution is -2.58. The summed E-state index contributed by atoms with van der Waals surface area (Å²) < 4.78 is 7.72. The maximum absolute atomic E-state index is 13.7. The Morgan fingerprint density at radius 2 is 2.00 bits per heavy atom. The minimum atomic E-state index is -0.532. The van der Waals surface area contributed by atoms with Gasteiger partial charge >= 0.3 is 0 Å². The molecule has 190 valence electrons. The van der Waals surface area contributed by atoms with Crippen LogP contribution < -0.4 is 0 Å². The molecule has 35 heavy (non-hydrogen) atoms. The van der Waals surface area contributed by atoms with E-state index >= 15 is 0 Å². The van der Waals surface area contributed by atoms with Crippen LogP contribution in [-0.4, -0.2) is 45.0 Å². The summed E-state index contributed by atoms with van der Waals surface area (Å²) in [5, 5.41) is 16.5. The first-order valence-electron chi connectivity index (χ1n) is 13.8. The van der Waals surface area contributed by atoms with Gasteiger partial charge in [0.1, 0.15) is 5.52 Å². The topological polar surface area (TPSA) is 77.2 Å². The summed E-state index contributed by atoms with van der Waals surface area (Å²) in [6.45, 7) is 5.64. The predicted octanol–water partition coefficient (Wildman–Crippen LogP) is 5.04. The maximum Gasteiger partial charge on any atom is 0.157 e. The van der Waals surface area contributed by atoms with Gasteiger partial charge in [-0.1, -0.05) is 6.92 Å². The molecule has 6 rings (SSSR count). The van der Waals surface area contributed by atoms with E-state index in [9.17, 15) is 9.90 Å². The Kier molecular flexibility index (Phi) is 5.65. The third-order valence-electron chi connectivity index (χ3n) is 11.1. The number of carbonyl (C=O) groups excluding carboxylic acids is 1. The summed E-state index contributed by atoms with van der Waals surface area (Å²) in [5.41, 5.74) is 0.610. The van der Waals surface area contributed by atoms with Gasteiger partial charge in [0.25, 0.3) is 0 Å². The molecule has 0 saturated heterocycles. The van der Waals surface area contributed by atoms with Gasteiger partial charge in [-0.05, 0) is 105 Å². The highest BCUT2D eigenvalue weighted by atomic mass is 16.5. The van der Waals surface area contributed by atoms with Crippen LogP contribution in [0.2, 0.25) is 0 Å². The Morgan fingerprint density at radius 1 is 1.14 bits per heavy atom. The van der Waals surface area contributed by atoms with Crippen molar-refractivity contribution < 1.29 is 14.6 Å². The zero-order valence-electron chi connectivity index (χ0n) is 21.6. The van der Waals surface area contributed by atoms with E-state index in [1.165, 1.54) is 25.7 Å². The number of carbonyl (C=O) groups is 1. The van der Waals surface area contributed by atoms with Crippen molar-refractivity contribution in [3.63, 3.8) is 0 Å². The largest absolute Gasteiger partial charge is 0.390 e. The molecule has 2 aromatic rings. The molecular formula is C29H41N3O3. The Labute approximate surface area is 208 Å². The van der Waals surface area contributed by atoms with Crippen LogP contribution in [0.5, 0.6) is 0 Å². The molecule has 2 heterocycles. The van der Waals surface area contributed by atoms with Crippen molar-refractivity contribution in [1.29, 1.82) is 0 Å². The fourth-order valence-electron chi connectivity index (χ4n) is 9.58. The number of fused-ring (bicyclic) bond motifs is 6. The maximum atomic E-state index is 13.7. The van der Waals surface area contributed by atoms with E-state index in [4.69, 9.17) is 4.74 Å². The monoisotopic (exact) mass is 479 g/mol. The minimum absolute atomic E-state index is 0.0909. The second-order valence-corrected chi connectivity index (χ2v) is 12.9. The lowest BCUT2D eigenvalue weighted by Gasteiger charge is -2.62. The van der Waals surface area contributed by atoms with Gasteiger partial charge in [0, 0.05) is 30.8 Å². The van der Waals surface area contributed by atoms with Crippen LogP contribution in [0.25, 0.3) is 10.9 Å². The number of methoxy groups -OCH3 is 1. The number of aromatic nitrogens is 3. The summed E-state index contributed by atoms with van der Waals surface area (Å²) in [6, 6.07) is 1.95. The fraction of sp³-hybridized carbons (Fsp3) is 0.759. The van der Waals surface area contributed by atoms with Crippen molar-refractivity contribution >= 4 is 16.7 Å². The molecule has 8 unspecified atom stereocenters. The predicted molar refractivity (Wildman–Crippen MR) is 135 cm³/mol. The number of rotatable bonds is 5. The average molecular weight is 480 g/mol. The number of aliphatic hydroxyl groups is 1. The van der Waals surface area contributed by atoms with Gasteiger partial charge in [-0.2, -0.15) is 5.10 Å². The van der Waals surface area contributed by atoms with E-state index in [1.54, 1.807) is 12.4 Å². The zero-order valence-corrected chi connectivity index (χ0v) is 21.6. The lowest BCUT2D eigenvalue weighted by molar-refractivity contribution is -0.175. The number of hydrogen-bond acceptors (Lipinski definition) is 5. The van der Waals surface area contributed by atoms with Crippen molar-refractivity contribution in [2.24, 2.45) is 40.4 Å². The average Bonchev–Trinajstić information content (AvgIpc) is 3.39. The highest BCUT2D eigenvalue weighted by Gasteiger charge is 2.63. The van der Waals surface area contributed by atoms with Crippen LogP contribution in [0.4, 0.5) is 0 Å². The molecule has 4 saturated carbocycles. The molecule has 8 atom stereocenters. The molecule has 0 spiro atoms. The van der Waals surface area contributed by atoms with Crippen LogP contribution in [0.15, 0.2) is 24.7 Å². The first kappa shape index (κ1) is 23.6. The van der Waals surface area contributed by atoms with E-state index in [0.717, 1.165) is 49.6 Å². The summed E-state index contributed by atoms with van der Waals surface area (Å²) >= 11 is 0. The molecule has 1 N–H and O–H groups in total. The van der Waals surface area contributed by atoms with E-state index in [1.807, 2.05) is 31.0 Å². The Hall–Kier alpha value is -1.79. The molecule has 6 nitrogen and oxygen atoms in total. The van der Waals surface area contributed by atoms with Crippen molar-refractivity contribution in [2.45, 2.75) is 83.8 Å². The number of ketones is 1. The number of hydrogen-bond donors (Lipinski definition) is 1. The summed E-state index contributed by atoms with van der Waals surface area (Å²) in [6.07, 6.45) is 15.3. The molecule has 4 aliphatic rings. The van der Waals surface area contributed by atoms with E-state index < -0.39 is 5.60 Å². The van der Waals surface area contributed by atoms with Gasteiger partial charge in [-0.15, -0.1) is 0 Å². The van der Waals surface area contributed by atoms with Crippen molar-refractivity contribution in [2.75, 3.05) is 13.7 Å². The van der Waals surface area contributed by atoms with Crippen molar-refractivity contribution in [3.8, 4) is 0 Å². The van der Waals surface area contributed by atoms with Crippen LogP contribution in [-0.2, 0) is 16.1 Å². The van der Waals surface area contributed by atoms with Crippen LogP contribution in [0, 0.1) is 40.4 Å². The number of Topliss-reactive ketones (excluding diaryl/α,β-unsaturated/α-hetero) is 1. The van der Waals surface area contributed by atoms with E-state index in [2.05, 4.69) is 17.0 Å². The summed E-state index contributed by atoms with van der Waals surface area (Å²) in [4.78, 5) is 17.8. The Bertz CT molecular complexity index is 1080.